The lowest BCUT2D eigenvalue weighted by molar-refractivity contribution is 0.171. The van der Waals surface area contributed by atoms with E-state index in [1.807, 2.05) is 0 Å². The molecule has 0 aromatic carbocycles. The number of methoxy groups -OCH3 is 1. The Morgan fingerprint density at radius 1 is 1.38 bits per heavy atom. The van der Waals surface area contributed by atoms with Gasteiger partial charge in [0.05, 0.1) is 0 Å². The molecule has 0 heterocycles. The van der Waals surface area contributed by atoms with Crippen molar-refractivity contribution in [3.05, 3.63) is 0 Å². The maximum Gasteiger partial charge on any atom is 0.0468 e. The van der Waals surface area contributed by atoms with Crippen molar-refractivity contribution in [3.63, 3.8) is 0 Å². The predicted octanol–water partition coefficient (Wildman–Crippen LogP) is 1.91. The summed E-state index contributed by atoms with van der Waals surface area (Å²) in [6, 6.07) is 0.358. The fourth-order valence-electron chi connectivity index (χ4n) is 2.08. The van der Waals surface area contributed by atoms with Crippen molar-refractivity contribution in [1.29, 1.82) is 0 Å². The van der Waals surface area contributed by atoms with Crippen LogP contribution in [0.3, 0.4) is 0 Å². The van der Waals surface area contributed by atoms with Crippen LogP contribution in [0.5, 0.6) is 0 Å². The molecule has 1 fully saturated rings. The van der Waals surface area contributed by atoms with Gasteiger partial charge >= 0.3 is 0 Å². The summed E-state index contributed by atoms with van der Waals surface area (Å²) in [5.41, 5.74) is 6.29. The molecular weight excluding hydrogens is 200 g/mol. The Morgan fingerprint density at radius 2 is 2.12 bits per heavy atom. The van der Waals surface area contributed by atoms with Gasteiger partial charge in [0.15, 0.2) is 0 Å². The van der Waals surface area contributed by atoms with E-state index in [1.54, 1.807) is 7.11 Å². The minimum absolute atomic E-state index is 0.358. The molecule has 1 rings (SSSR count). The van der Waals surface area contributed by atoms with Crippen LogP contribution in [0.4, 0.5) is 0 Å². The largest absolute Gasteiger partial charge is 0.385 e. The van der Waals surface area contributed by atoms with Crippen LogP contribution in [0.25, 0.3) is 0 Å². The van der Waals surface area contributed by atoms with Crippen molar-refractivity contribution in [3.8, 4) is 0 Å². The van der Waals surface area contributed by atoms with E-state index in [-0.39, 0.29) is 0 Å². The lowest BCUT2D eigenvalue weighted by Gasteiger charge is -2.15. The maximum absolute atomic E-state index is 5.71. The van der Waals surface area contributed by atoms with Crippen LogP contribution in [0.1, 0.15) is 45.4 Å². The van der Waals surface area contributed by atoms with Gasteiger partial charge in [0, 0.05) is 26.3 Å². The van der Waals surface area contributed by atoms with Gasteiger partial charge in [0.1, 0.15) is 0 Å². The number of hydrogen-bond donors (Lipinski definition) is 2. The Hall–Kier alpha value is -0.120. The highest BCUT2D eigenvalue weighted by Crippen LogP contribution is 2.48. The van der Waals surface area contributed by atoms with Crippen LogP contribution < -0.4 is 11.1 Å². The zero-order valence-corrected chi connectivity index (χ0v) is 10.9. The molecule has 1 aliphatic carbocycles. The van der Waals surface area contributed by atoms with Crippen molar-refractivity contribution in [2.24, 2.45) is 11.1 Å². The third-order valence-electron chi connectivity index (χ3n) is 3.56. The number of unbranched alkanes of at least 4 members (excludes halogenated alkanes) is 1. The number of ether oxygens (including phenoxy) is 1. The van der Waals surface area contributed by atoms with E-state index in [2.05, 4.69) is 12.2 Å². The highest BCUT2D eigenvalue weighted by Gasteiger charge is 2.41. The van der Waals surface area contributed by atoms with Crippen LogP contribution in [0.15, 0.2) is 0 Å². The van der Waals surface area contributed by atoms with Crippen LogP contribution in [-0.2, 0) is 4.74 Å². The van der Waals surface area contributed by atoms with E-state index in [1.165, 1.54) is 38.6 Å². The minimum atomic E-state index is 0.358. The smallest absolute Gasteiger partial charge is 0.0468 e. The molecule has 0 saturated heterocycles. The third kappa shape index (κ3) is 5.83. The highest BCUT2D eigenvalue weighted by atomic mass is 16.5. The first kappa shape index (κ1) is 13.9. The van der Waals surface area contributed by atoms with Crippen LogP contribution >= 0.6 is 0 Å². The second kappa shape index (κ2) is 7.25. The van der Waals surface area contributed by atoms with Gasteiger partial charge in [0.2, 0.25) is 0 Å². The van der Waals surface area contributed by atoms with Gasteiger partial charge in [-0.2, -0.15) is 0 Å². The number of rotatable bonds is 10. The molecule has 0 aromatic heterocycles. The van der Waals surface area contributed by atoms with Gasteiger partial charge in [-0.1, -0.05) is 6.42 Å². The molecule has 3 heteroatoms. The van der Waals surface area contributed by atoms with Crippen LogP contribution in [0, 0.1) is 5.41 Å². The van der Waals surface area contributed by atoms with E-state index in [4.69, 9.17) is 10.5 Å². The standard InChI is InChI=1S/C13H28N2O/c1-12(14)5-3-4-9-15-11-13(6-7-13)8-10-16-2/h12,15H,3-11,14H2,1-2H3. The summed E-state index contributed by atoms with van der Waals surface area (Å²) in [4.78, 5) is 0. The lowest BCUT2D eigenvalue weighted by atomic mass is 10.0. The first-order chi connectivity index (χ1) is 7.68. The van der Waals surface area contributed by atoms with Gasteiger partial charge in [0.25, 0.3) is 0 Å². The van der Waals surface area contributed by atoms with E-state index in [0.717, 1.165) is 19.6 Å². The Kier molecular flexibility index (Phi) is 6.32. The second-order valence-corrected chi connectivity index (χ2v) is 5.39. The second-order valence-electron chi connectivity index (χ2n) is 5.39. The normalized spacial score (nSPS) is 19.7. The molecule has 0 bridgehead atoms. The zero-order chi connectivity index (χ0) is 11.9. The lowest BCUT2D eigenvalue weighted by Crippen LogP contribution is -2.26. The number of nitrogens with one attached hydrogen (secondary N) is 1. The average Bonchev–Trinajstić information content (AvgIpc) is 3.01. The number of hydrogen-bond acceptors (Lipinski definition) is 3. The zero-order valence-electron chi connectivity index (χ0n) is 10.9. The van der Waals surface area contributed by atoms with E-state index < -0.39 is 0 Å². The van der Waals surface area contributed by atoms with Gasteiger partial charge in [-0.25, -0.2) is 0 Å². The summed E-state index contributed by atoms with van der Waals surface area (Å²) in [5.74, 6) is 0. The SMILES string of the molecule is COCCC1(CNCCCCC(C)N)CC1. The molecule has 1 saturated carbocycles. The molecule has 1 atom stereocenters. The molecule has 3 nitrogen and oxygen atoms in total. The third-order valence-corrected chi connectivity index (χ3v) is 3.56. The van der Waals surface area contributed by atoms with Crippen molar-refractivity contribution in [1.82, 2.24) is 5.32 Å². The maximum atomic E-state index is 5.71. The minimum Gasteiger partial charge on any atom is -0.385 e. The first-order valence-corrected chi connectivity index (χ1v) is 6.64. The average molecular weight is 228 g/mol. The summed E-state index contributed by atoms with van der Waals surface area (Å²) < 4.78 is 5.15. The fraction of sp³-hybridized carbons (Fsp3) is 1.00. The number of nitrogens with two attached hydrogens (primary N) is 1. The topological polar surface area (TPSA) is 47.3 Å². The Morgan fingerprint density at radius 3 is 2.69 bits per heavy atom. The van der Waals surface area contributed by atoms with Crippen molar-refractivity contribution >= 4 is 0 Å². The molecule has 0 spiro atoms. The van der Waals surface area contributed by atoms with E-state index >= 15 is 0 Å². The van der Waals surface area contributed by atoms with Crippen molar-refractivity contribution in [2.75, 3.05) is 26.8 Å². The molecule has 0 aromatic rings. The summed E-state index contributed by atoms with van der Waals surface area (Å²) in [7, 11) is 1.79. The molecule has 0 radical (unpaired) electrons. The summed E-state index contributed by atoms with van der Waals surface area (Å²) in [6.45, 7) is 5.31. The highest BCUT2D eigenvalue weighted by molar-refractivity contribution is 4.94. The molecule has 0 aliphatic heterocycles. The van der Waals surface area contributed by atoms with Crippen molar-refractivity contribution in [2.45, 2.75) is 51.5 Å². The molecule has 0 amide bonds. The summed E-state index contributed by atoms with van der Waals surface area (Å²) in [6.07, 6.45) is 7.62. The van der Waals surface area contributed by atoms with E-state index in [0.29, 0.717) is 11.5 Å². The monoisotopic (exact) mass is 228 g/mol. The van der Waals surface area contributed by atoms with Crippen LogP contribution in [-0.4, -0.2) is 32.8 Å². The predicted molar refractivity (Wildman–Crippen MR) is 68.5 cm³/mol. The molecule has 1 unspecified atom stereocenters. The Bertz CT molecular complexity index is 179. The molecule has 3 N–H and O–H groups in total. The first-order valence-electron chi connectivity index (χ1n) is 6.64. The van der Waals surface area contributed by atoms with Gasteiger partial charge in [-0.3, -0.25) is 0 Å². The summed E-state index contributed by atoms with van der Waals surface area (Å²) in [5, 5.41) is 3.57. The fourth-order valence-corrected chi connectivity index (χ4v) is 2.08. The molecule has 1 aliphatic rings. The molecule has 96 valence electrons. The molecular formula is C13H28N2O. The van der Waals surface area contributed by atoms with Crippen molar-refractivity contribution < 1.29 is 4.74 Å². The van der Waals surface area contributed by atoms with E-state index in [9.17, 15) is 0 Å². The van der Waals surface area contributed by atoms with Gasteiger partial charge in [-0.15, -0.1) is 0 Å². The Balaban J connectivity index is 1.91. The van der Waals surface area contributed by atoms with Gasteiger partial charge in [-0.05, 0) is 51.0 Å². The molecule has 16 heavy (non-hydrogen) atoms. The quantitative estimate of drug-likeness (QED) is 0.562. The summed E-state index contributed by atoms with van der Waals surface area (Å²) >= 11 is 0. The van der Waals surface area contributed by atoms with Gasteiger partial charge < -0.3 is 15.8 Å². The Labute approximate surface area is 100 Å². The van der Waals surface area contributed by atoms with Crippen LogP contribution in [0.2, 0.25) is 0 Å².